The Bertz CT molecular complexity index is 656. The molecule has 1 aliphatic heterocycles. The number of nitrogens with one attached hydrogen (secondary N) is 1. The molecular weight excluding hydrogens is 314 g/mol. The zero-order valence-electron chi connectivity index (χ0n) is 15.0. The number of hydrogen-bond acceptors (Lipinski definition) is 3. The van der Waals surface area contributed by atoms with E-state index in [1.165, 1.54) is 11.1 Å². The first kappa shape index (κ1) is 17.4. The van der Waals surface area contributed by atoms with E-state index in [2.05, 4.69) is 73.5 Å². The molecule has 4 heteroatoms. The molecule has 3 rings (SSSR count). The van der Waals surface area contributed by atoms with Gasteiger partial charge in [-0.3, -0.25) is 5.32 Å². The molecule has 2 aromatic carbocycles. The van der Waals surface area contributed by atoms with E-state index in [4.69, 9.17) is 9.16 Å². The Hall–Kier alpha value is -1.46. The Kier molecular flexibility index (Phi) is 4.92. The Morgan fingerprint density at radius 3 is 2.08 bits per heavy atom. The van der Waals surface area contributed by atoms with Crippen molar-refractivity contribution in [3.8, 4) is 0 Å². The van der Waals surface area contributed by atoms with E-state index >= 15 is 0 Å². The third kappa shape index (κ3) is 3.47. The van der Waals surface area contributed by atoms with Crippen molar-refractivity contribution in [2.24, 2.45) is 0 Å². The summed E-state index contributed by atoms with van der Waals surface area (Å²) < 4.78 is 12.7. The van der Waals surface area contributed by atoms with E-state index in [-0.39, 0.29) is 12.1 Å². The van der Waals surface area contributed by atoms with Crippen LogP contribution in [0.3, 0.4) is 0 Å². The molecule has 1 N–H and O–H groups in total. The van der Waals surface area contributed by atoms with Crippen molar-refractivity contribution < 1.29 is 9.16 Å². The Balaban J connectivity index is 1.89. The largest absolute Gasteiger partial charge is 0.388 e. The smallest absolute Gasteiger partial charge is 0.194 e. The van der Waals surface area contributed by atoms with Gasteiger partial charge in [0.05, 0.1) is 12.1 Å². The van der Waals surface area contributed by atoms with Crippen LogP contribution in [0.5, 0.6) is 0 Å². The lowest BCUT2D eigenvalue weighted by Crippen LogP contribution is -2.74. The first-order valence-electron chi connectivity index (χ1n) is 8.55. The zero-order chi connectivity index (χ0) is 17.2. The molecule has 128 valence electrons. The molecule has 0 aliphatic carbocycles. The maximum absolute atomic E-state index is 6.62. The zero-order valence-corrected chi connectivity index (χ0v) is 16.0. The van der Waals surface area contributed by atoms with Crippen LogP contribution in [0, 0.1) is 0 Å². The number of benzene rings is 2. The van der Waals surface area contributed by atoms with Crippen LogP contribution in [-0.4, -0.2) is 27.3 Å². The summed E-state index contributed by atoms with van der Waals surface area (Å²) in [6.07, 6.45) is 0.891. The van der Waals surface area contributed by atoms with Crippen molar-refractivity contribution in [3.05, 3.63) is 71.8 Å². The van der Waals surface area contributed by atoms with Crippen LogP contribution >= 0.6 is 0 Å². The fourth-order valence-corrected chi connectivity index (χ4v) is 4.77. The van der Waals surface area contributed by atoms with Gasteiger partial charge in [0.25, 0.3) is 0 Å². The van der Waals surface area contributed by atoms with Gasteiger partial charge in [-0.1, -0.05) is 60.7 Å². The molecule has 0 amide bonds. The van der Waals surface area contributed by atoms with Gasteiger partial charge in [0.15, 0.2) is 14.1 Å². The van der Waals surface area contributed by atoms with Gasteiger partial charge in [-0.2, -0.15) is 0 Å². The molecule has 0 aromatic heterocycles. The summed E-state index contributed by atoms with van der Waals surface area (Å²) >= 11 is 0. The third-order valence-electron chi connectivity index (χ3n) is 4.46. The van der Waals surface area contributed by atoms with E-state index < -0.39 is 14.1 Å². The molecule has 1 unspecified atom stereocenters. The fourth-order valence-electron chi connectivity index (χ4n) is 3.47. The predicted molar refractivity (Wildman–Crippen MR) is 100 cm³/mol. The van der Waals surface area contributed by atoms with Crippen molar-refractivity contribution in [1.29, 1.82) is 0 Å². The molecule has 0 spiro atoms. The van der Waals surface area contributed by atoms with Gasteiger partial charge >= 0.3 is 0 Å². The molecule has 1 fully saturated rings. The van der Waals surface area contributed by atoms with Crippen molar-refractivity contribution in [3.63, 3.8) is 0 Å². The molecule has 1 aliphatic rings. The predicted octanol–water partition coefficient (Wildman–Crippen LogP) is 4.14. The summed E-state index contributed by atoms with van der Waals surface area (Å²) in [7, 11) is -0.00930. The van der Waals surface area contributed by atoms with E-state index in [9.17, 15) is 0 Å². The minimum absolute atomic E-state index is 0.0594. The molecule has 0 saturated carbocycles. The maximum atomic E-state index is 6.62. The van der Waals surface area contributed by atoms with Crippen molar-refractivity contribution in [2.45, 2.75) is 43.9 Å². The monoisotopic (exact) mass is 341 g/mol. The Labute approximate surface area is 146 Å². The van der Waals surface area contributed by atoms with E-state index in [1.54, 1.807) is 7.11 Å². The highest BCUT2D eigenvalue weighted by molar-refractivity contribution is 6.69. The van der Waals surface area contributed by atoms with Crippen LogP contribution in [-0.2, 0) is 15.6 Å². The average Bonchev–Trinajstić information content (AvgIpc) is 2.57. The number of hydrogen-bond donors (Lipinski definition) is 1. The molecule has 2 aromatic rings. The summed E-state index contributed by atoms with van der Waals surface area (Å²) in [4.78, 5) is 0. The first-order valence-corrected chi connectivity index (χ1v) is 12.0. The Morgan fingerprint density at radius 2 is 1.54 bits per heavy atom. The third-order valence-corrected chi connectivity index (χ3v) is 5.39. The van der Waals surface area contributed by atoms with Crippen LogP contribution in [0.1, 0.15) is 17.2 Å². The van der Waals surface area contributed by atoms with Crippen LogP contribution in [0.25, 0.3) is 0 Å². The number of methoxy groups -OCH3 is 1. The quantitative estimate of drug-likeness (QED) is 0.633. The van der Waals surface area contributed by atoms with Gasteiger partial charge in [-0.05, 0) is 37.2 Å². The SMILES string of the molecule is COC1(O[Si](C)(C)C)[C@H](Cc2ccccc2)N[C@@H]1c1ccccc1. The summed E-state index contributed by atoms with van der Waals surface area (Å²) in [5.41, 5.74) is 2.50. The van der Waals surface area contributed by atoms with E-state index in [0.29, 0.717) is 0 Å². The highest BCUT2D eigenvalue weighted by Crippen LogP contribution is 2.45. The molecule has 1 heterocycles. The summed E-state index contributed by atoms with van der Waals surface area (Å²) in [5.74, 6) is -0.609. The molecule has 0 bridgehead atoms. The van der Waals surface area contributed by atoms with Crippen molar-refractivity contribution in [1.82, 2.24) is 5.32 Å². The average molecular weight is 342 g/mol. The minimum Gasteiger partial charge on any atom is -0.388 e. The molecule has 3 atom stereocenters. The van der Waals surface area contributed by atoms with Gasteiger partial charge in [-0.15, -0.1) is 0 Å². The second-order valence-corrected chi connectivity index (χ2v) is 11.8. The van der Waals surface area contributed by atoms with Crippen LogP contribution in [0.15, 0.2) is 60.7 Å². The lowest BCUT2D eigenvalue weighted by Gasteiger charge is -2.57. The van der Waals surface area contributed by atoms with Crippen LogP contribution < -0.4 is 5.32 Å². The molecule has 0 radical (unpaired) electrons. The molecular formula is C20H27NO2Si. The first-order chi connectivity index (χ1) is 11.4. The van der Waals surface area contributed by atoms with Gasteiger partial charge < -0.3 is 9.16 Å². The van der Waals surface area contributed by atoms with Gasteiger partial charge in [-0.25, -0.2) is 0 Å². The highest BCUT2D eigenvalue weighted by Gasteiger charge is 2.58. The molecule has 24 heavy (non-hydrogen) atoms. The fraction of sp³-hybridized carbons (Fsp3) is 0.400. The Morgan fingerprint density at radius 1 is 0.958 bits per heavy atom. The highest BCUT2D eigenvalue weighted by atomic mass is 28.4. The topological polar surface area (TPSA) is 30.5 Å². The summed E-state index contributed by atoms with van der Waals surface area (Å²) in [5, 5.41) is 3.68. The lowest BCUT2D eigenvalue weighted by molar-refractivity contribution is -0.263. The van der Waals surface area contributed by atoms with Gasteiger partial charge in [0.1, 0.15) is 0 Å². The summed E-state index contributed by atoms with van der Waals surface area (Å²) in [6, 6.07) is 21.2. The van der Waals surface area contributed by atoms with E-state index in [0.717, 1.165) is 6.42 Å². The van der Waals surface area contributed by atoms with E-state index in [1.807, 2.05) is 12.1 Å². The minimum atomic E-state index is -1.78. The standard InChI is InChI=1S/C20H27NO2Si/c1-22-20(23-24(2,3)4)18(15-16-11-7-5-8-12-16)21-19(20)17-13-9-6-10-14-17/h5-14,18-19,21H,15H2,1-4H3/t18-,19+,20?/m0/s1. The lowest BCUT2D eigenvalue weighted by atomic mass is 9.80. The second-order valence-electron chi connectivity index (χ2n) is 7.39. The van der Waals surface area contributed by atoms with Crippen LogP contribution in [0.4, 0.5) is 0 Å². The number of ether oxygens (including phenoxy) is 1. The molecule has 1 saturated heterocycles. The molecule has 3 nitrogen and oxygen atoms in total. The van der Waals surface area contributed by atoms with Crippen LogP contribution in [0.2, 0.25) is 19.6 Å². The second kappa shape index (κ2) is 6.80. The van der Waals surface area contributed by atoms with Gasteiger partial charge in [0.2, 0.25) is 0 Å². The maximum Gasteiger partial charge on any atom is 0.194 e. The normalized spacial score (nSPS) is 26.8. The van der Waals surface area contributed by atoms with Gasteiger partial charge in [0, 0.05) is 7.11 Å². The summed E-state index contributed by atoms with van der Waals surface area (Å²) in [6.45, 7) is 6.65. The van der Waals surface area contributed by atoms with Crippen molar-refractivity contribution >= 4 is 8.32 Å². The van der Waals surface area contributed by atoms with Crippen molar-refractivity contribution in [2.75, 3.05) is 7.11 Å². The number of rotatable bonds is 6.